The summed E-state index contributed by atoms with van der Waals surface area (Å²) in [5.74, 6) is 0.674. The summed E-state index contributed by atoms with van der Waals surface area (Å²) >= 11 is 1.87. The van der Waals surface area contributed by atoms with E-state index in [4.69, 9.17) is 5.73 Å². The van der Waals surface area contributed by atoms with Crippen molar-refractivity contribution < 1.29 is 0 Å². The molecule has 0 saturated carbocycles. The molecule has 2 N–H and O–H groups in total. The molecule has 90 valence electrons. The van der Waals surface area contributed by atoms with Crippen molar-refractivity contribution in [3.8, 4) is 0 Å². The van der Waals surface area contributed by atoms with Crippen molar-refractivity contribution in [3.05, 3.63) is 21.9 Å². The zero-order valence-corrected chi connectivity index (χ0v) is 11.3. The molecule has 1 saturated heterocycles. The summed E-state index contributed by atoms with van der Waals surface area (Å²) in [7, 11) is 0. The molecular formula is C13H22N2S. The van der Waals surface area contributed by atoms with Crippen LogP contribution in [-0.4, -0.2) is 24.0 Å². The third-order valence-corrected chi connectivity index (χ3v) is 5.07. The SMILES string of the molecule is Cc1ccsc1C(C)N1CCC(C)C(N)C1. The number of nitrogens with two attached hydrogens (primary N) is 1. The van der Waals surface area contributed by atoms with E-state index in [1.807, 2.05) is 11.3 Å². The van der Waals surface area contributed by atoms with E-state index in [1.54, 1.807) is 0 Å². The molecule has 0 spiro atoms. The Kier molecular flexibility index (Phi) is 3.67. The number of likely N-dealkylation sites (tertiary alicyclic amines) is 1. The van der Waals surface area contributed by atoms with E-state index in [0.29, 0.717) is 18.0 Å². The fourth-order valence-corrected chi connectivity index (χ4v) is 3.47. The van der Waals surface area contributed by atoms with Crippen molar-refractivity contribution in [1.29, 1.82) is 0 Å². The van der Waals surface area contributed by atoms with Gasteiger partial charge in [-0.3, -0.25) is 4.90 Å². The quantitative estimate of drug-likeness (QED) is 0.858. The zero-order chi connectivity index (χ0) is 11.7. The van der Waals surface area contributed by atoms with E-state index in [9.17, 15) is 0 Å². The minimum absolute atomic E-state index is 0.344. The molecule has 0 aliphatic carbocycles. The van der Waals surface area contributed by atoms with E-state index < -0.39 is 0 Å². The van der Waals surface area contributed by atoms with Crippen molar-refractivity contribution in [2.45, 2.75) is 39.3 Å². The van der Waals surface area contributed by atoms with Gasteiger partial charge < -0.3 is 5.73 Å². The molecule has 3 atom stereocenters. The second-order valence-electron chi connectivity index (χ2n) is 5.07. The summed E-state index contributed by atoms with van der Waals surface area (Å²) in [6, 6.07) is 3.08. The minimum Gasteiger partial charge on any atom is -0.326 e. The van der Waals surface area contributed by atoms with Gasteiger partial charge in [-0.25, -0.2) is 0 Å². The van der Waals surface area contributed by atoms with E-state index in [0.717, 1.165) is 6.54 Å². The summed E-state index contributed by atoms with van der Waals surface area (Å²) < 4.78 is 0. The zero-order valence-electron chi connectivity index (χ0n) is 10.4. The highest BCUT2D eigenvalue weighted by atomic mass is 32.1. The topological polar surface area (TPSA) is 29.3 Å². The number of hydrogen-bond donors (Lipinski definition) is 1. The van der Waals surface area contributed by atoms with Crippen LogP contribution in [0.5, 0.6) is 0 Å². The van der Waals surface area contributed by atoms with Crippen molar-refractivity contribution >= 4 is 11.3 Å². The van der Waals surface area contributed by atoms with Crippen molar-refractivity contribution in [2.24, 2.45) is 11.7 Å². The van der Waals surface area contributed by atoms with Crippen molar-refractivity contribution in [3.63, 3.8) is 0 Å². The number of thiophene rings is 1. The Morgan fingerprint density at radius 1 is 1.56 bits per heavy atom. The highest BCUT2D eigenvalue weighted by molar-refractivity contribution is 7.10. The van der Waals surface area contributed by atoms with Crippen LogP contribution in [0.2, 0.25) is 0 Å². The van der Waals surface area contributed by atoms with Crippen LogP contribution in [0.1, 0.15) is 36.8 Å². The van der Waals surface area contributed by atoms with Crippen LogP contribution in [0.3, 0.4) is 0 Å². The Balaban J connectivity index is 2.06. The van der Waals surface area contributed by atoms with Crippen LogP contribution in [0.4, 0.5) is 0 Å². The van der Waals surface area contributed by atoms with Gasteiger partial charge in [0.15, 0.2) is 0 Å². The molecule has 1 aromatic rings. The number of rotatable bonds is 2. The summed E-state index contributed by atoms with van der Waals surface area (Å²) in [6.45, 7) is 9.01. The molecule has 1 fully saturated rings. The largest absolute Gasteiger partial charge is 0.326 e. The smallest absolute Gasteiger partial charge is 0.0416 e. The standard InChI is InChI=1S/C13H22N2S/c1-9-4-6-15(8-12(9)14)11(3)13-10(2)5-7-16-13/h5,7,9,11-12H,4,6,8,14H2,1-3H3. The molecule has 2 nitrogen and oxygen atoms in total. The molecule has 3 unspecified atom stereocenters. The van der Waals surface area contributed by atoms with E-state index >= 15 is 0 Å². The molecule has 2 heterocycles. The maximum atomic E-state index is 6.16. The van der Waals surface area contributed by atoms with Gasteiger partial charge in [-0.2, -0.15) is 0 Å². The fraction of sp³-hybridized carbons (Fsp3) is 0.692. The van der Waals surface area contributed by atoms with E-state index in [1.165, 1.54) is 23.4 Å². The minimum atomic E-state index is 0.344. The third kappa shape index (κ3) is 2.31. The van der Waals surface area contributed by atoms with Crippen LogP contribution in [0, 0.1) is 12.8 Å². The van der Waals surface area contributed by atoms with Crippen LogP contribution in [0.25, 0.3) is 0 Å². The Hall–Kier alpha value is -0.380. The number of piperidine rings is 1. The maximum absolute atomic E-state index is 6.16. The molecule has 0 bridgehead atoms. The maximum Gasteiger partial charge on any atom is 0.0416 e. The van der Waals surface area contributed by atoms with E-state index in [2.05, 4.69) is 37.1 Å². The lowest BCUT2D eigenvalue weighted by Crippen LogP contribution is -2.48. The molecule has 1 aliphatic rings. The van der Waals surface area contributed by atoms with Gasteiger partial charge in [0.2, 0.25) is 0 Å². The highest BCUT2D eigenvalue weighted by Gasteiger charge is 2.27. The van der Waals surface area contributed by atoms with Gasteiger partial charge in [0.05, 0.1) is 0 Å². The lowest BCUT2D eigenvalue weighted by molar-refractivity contribution is 0.130. The summed E-state index contributed by atoms with van der Waals surface area (Å²) in [5, 5.41) is 2.19. The summed E-state index contributed by atoms with van der Waals surface area (Å²) in [4.78, 5) is 4.03. The average Bonchev–Trinajstić information content (AvgIpc) is 2.67. The summed E-state index contributed by atoms with van der Waals surface area (Å²) in [5.41, 5.74) is 7.58. The molecule has 16 heavy (non-hydrogen) atoms. The highest BCUT2D eigenvalue weighted by Crippen LogP contribution is 2.31. The van der Waals surface area contributed by atoms with Gasteiger partial charge in [-0.05, 0) is 49.7 Å². The lowest BCUT2D eigenvalue weighted by atomic mass is 9.93. The van der Waals surface area contributed by atoms with Gasteiger partial charge >= 0.3 is 0 Å². The Morgan fingerprint density at radius 2 is 2.31 bits per heavy atom. The average molecular weight is 238 g/mol. The predicted octanol–water partition coefficient (Wildman–Crippen LogP) is 2.79. The van der Waals surface area contributed by atoms with Crippen molar-refractivity contribution in [2.75, 3.05) is 13.1 Å². The Morgan fingerprint density at radius 3 is 2.88 bits per heavy atom. The van der Waals surface area contributed by atoms with Gasteiger partial charge in [0.1, 0.15) is 0 Å². The molecule has 3 heteroatoms. The fourth-order valence-electron chi connectivity index (χ4n) is 2.46. The molecular weight excluding hydrogens is 216 g/mol. The second-order valence-corrected chi connectivity index (χ2v) is 6.02. The van der Waals surface area contributed by atoms with E-state index in [-0.39, 0.29) is 0 Å². The molecule has 0 amide bonds. The number of hydrogen-bond acceptors (Lipinski definition) is 3. The van der Waals surface area contributed by atoms with Crippen LogP contribution >= 0.6 is 11.3 Å². The lowest BCUT2D eigenvalue weighted by Gasteiger charge is -2.38. The van der Waals surface area contributed by atoms with Crippen LogP contribution in [-0.2, 0) is 0 Å². The second kappa shape index (κ2) is 4.86. The van der Waals surface area contributed by atoms with Crippen molar-refractivity contribution in [1.82, 2.24) is 4.90 Å². The molecule has 1 aromatic heterocycles. The van der Waals surface area contributed by atoms with Gasteiger partial charge in [-0.1, -0.05) is 6.92 Å². The first kappa shape index (κ1) is 12.1. The first-order valence-electron chi connectivity index (χ1n) is 6.13. The molecule has 0 radical (unpaired) electrons. The summed E-state index contributed by atoms with van der Waals surface area (Å²) in [6.07, 6.45) is 1.23. The molecule has 0 aromatic carbocycles. The number of aryl methyl sites for hydroxylation is 1. The predicted molar refractivity (Wildman–Crippen MR) is 70.8 cm³/mol. The Bertz CT molecular complexity index is 347. The van der Waals surface area contributed by atoms with Gasteiger partial charge in [0, 0.05) is 23.5 Å². The Labute approximate surface area is 102 Å². The molecule has 1 aliphatic heterocycles. The third-order valence-electron chi connectivity index (χ3n) is 3.88. The van der Waals surface area contributed by atoms with Gasteiger partial charge in [-0.15, -0.1) is 11.3 Å². The first-order valence-corrected chi connectivity index (χ1v) is 7.01. The van der Waals surface area contributed by atoms with Gasteiger partial charge in [0.25, 0.3) is 0 Å². The van der Waals surface area contributed by atoms with Crippen LogP contribution < -0.4 is 5.73 Å². The number of nitrogens with zero attached hydrogens (tertiary/aromatic N) is 1. The monoisotopic (exact) mass is 238 g/mol. The molecule has 2 rings (SSSR count). The van der Waals surface area contributed by atoms with Crippen LogP contribution in [0.15, 0.2) is 11.4 Å². The normalized spacial score (nSPS) is 29.2. The first-order chi connectivity index (χ1) is 7.59.